The number of rotatable bonds is 2. The fourth-order valence-electron chi connectivity index (χ4n) is 10.3. The second-order valence-electron chi connectivity index (χ2n) is 15.2. The molecule has 1 unspecified atom stereocenters. The highest BCUT2D eigenvalue weighted by atomic mass is 16.3. The minimum Gasteiger partial charge on any atom is -0.455 e. The highest BCUT2D eigenvalue weighted by Gasteiger charge is 2.50. The molecule has 7 aromatic carbocycles. The lowest BCUT2D eigenvalue weighted by Gasteiger charge is -2.35. The Kier molecular flexibility index (Phi) is 6.07. The van der Waals surface area contributed by atoms with E-state index in [1.54, 1.807) is 0 Å². The number of hydrogen-bond donors (Lipinski definition) is 0. The van der Waals surface area contributed by atoms with Crippen LogP contribution in [0.25, 0.3) is 94.2 Å². The van der Waals surface area contributed by atoms with Gasteiger partial charge in [0.05, 0.1) is 10.9 Å². The highest BCUT2D eigenvalue weighted by molar-refractivity contribution is 6.13. The Morgan fingerprint density at radius 1 is 0.421 bits per heavy atom. The summed E-state index contributed by atoms with van der Waals surface area (Å²) >= 11 is 0. The summed E-state index contributed by atoms with van der Waals surface area (Å²) < 4.78 is 9.01. The van der Waals surface area contributed by atoms with Gasteiger partial charge in [0.1, 0.15) is 22.6 Å². The normalized spacial score (nSPS) is 15.1. The van der Waals surface area contributed by atoms with Gasteiger partial charge in [-0.15, -0.1) is 0 Å². The number of fused-ring (bicyclic) bond motifs is 19. The Bertz CT molecular complexity index is 3480. The fourth-order valence-corrected chi connectivity index (χ4v) is 10.3. The van der Waals surface area contributed by atoms with Gasteiger partial charge in [0.2, 0.25) is 0 Å². The maximum absolute atomic E-state index is 6.85. The molecule has 0 radical (unpaired) electrons. The molecule has 1 atom stereocenters. The zero-order chi connectivity index (χ0) is 37.2. The smallest absolute Gasteiger partial charge is 0.146 e. The third-order valence-corrected chi connectivity index (χ3v) is 12.6. The second kappa shape index (κ2) is 11.2. The average molecular weight is 726 g/mol. The molecule has 0 aliphatic heterocycles. The molecular weight excluding hydrogens is 695 g/mol. The van der Waals surface area contributed by atoms with Gasteiger partial charge in [0.15, 0.2) is 0 Å². The summed E-state index contributed by atoms with van der Waals surface area (Å²) in [5, 5.41) is 4.52. The third-order valence-electron chi connectivity index (χ3n) is 12.6. The van der Waals surface area contributed by atoms with Gasteiger partial charge in [-0.25, -0.2) is 9.97 Å². The van der Waals surface area contributed by atoms with Crippen LogP contribution in [-0.2, 0) is 5.41 Å². The molecule has 0 amide bonds. The van der Waals surface area contributed by atoms with Gasteiger partial charge in [0, 0.05) is 39.5 Å². The number of pyridine rings is 2. The molecule has 2 aliphatic rings. The molecule has 0 saturated carbocycles. The molecule has 0 bridgehead atoms. The first-order valence-corrected chi connectivity index (χ1v) is 19.5. The van der Waals surface area contributed by atoms with E-state index in [4.69, 9.17) is 14.4 Å². The van der Waals surface area contributed by atoms with Gasteiger partial charge in [-0.1, -0.05) is 127 Å². The molecule has 0 N–H and O–H groups in total. The molecule has 57 heavy (non-hydrogen) atoms. The van der Waals surface area contributed by atoms with Crippen LogP contribution in [0, 0.1) is 0 Å². The van der Waals surface area contributed by atoms with E-state index >= 15 is 0 Å². The molecule has 4 aromatic heterocycles. The first-order valence-electron chi connectivity index (χ1n) is 19.5. The van der Waals surface area contributed by atoms with Crippen molar-refractivity contribution in [3.8, 4) is 50.3 Å². The summed E-state index contributed by atoms with van der Waals surface area (Å²) in [7, 11) is 0. The maximum Gasteiger partial charge on any atom is 0.146 e. The summed E-state index contributed by atoms with van der Waals surface area (Å²) in [5.74, 6) is 0.852. The monoisotopic (exact) mass is 725 g/mol. The molecule has 0 saturated heterocycles. The van der Waals surface area contributed by atoms with Crippen molar-refractivity contribution in [2.75, 3.05) is 0 Å². The quantitative estimate of drug-likeness (QED) is 0.178. The van der Waals surface area contributed by atoms with Crippen LogP contribution in [0.1, 0.15) is 22.3 Å². The van der Waals surface area contributed by atoms with Crippen LogP contribution in [0.2, 0.25) is 0 Å². The van der Waals surface area contributed by atoms with Crippen LogP contribution in [0.5, 0.6) is 0 Å². The third kappa shape index (κ3) is 3.96. The minimum absolute atomic E-state index is 0.636. The van der Waals surface area contributed by atoms with Gasteiger partial charge in [-0.2, -0.15) is 0 Å². The van der Waals surface area contributed by atoms with Gasteiger partial charge in [0.25, 0.3) is 0 Å². The SMILES string of the molecule is c1ccc(-n2c3ccc(-c4ccc5c(c4)C4(c6ccccc6-c6ccccc6-5)c5ccccc5-c5c4ccc4c5oc5ccccc54)cc3c3cccnc32)nc1. The average Bonchev–Trinajstić information content (AvgIpc) is 3.90. The number of para-hydroxylation sites is 1. The predicted molar refractivity (Wildman–Crippen MR) is 231 cm³/mol. The van der Waals surface area contributed by atoms with E-state index in [0.29, 0.717) is 0 Å². The Morgan fingerprint density at radius 2 is 1.09 bits per heavy atom. The lowest BCUT2D eigenvalue weighted by Crippen LogP contribution is -2.29. The van der Waals surface area contributed by atoms with Crippen LogP contribution >= 0.6 is 0 Å². The van der Waals surface area contributed by atoms with Crippen molar-refractivity contribution in [3.05, 3.63) is 211 Å². The zero-order valence-electron chi connectivity index (χ0n) is 30.6. The van der Waals surface area contributed by atoms with Gasteiger partial charge in [-0.3, -0.25) is 4.57 Å². The summed E-state index contributed by atoms with van der Waals surface area (Å²) in [5.41, 5.74) is 17.9. The van der Waals surface area contributed by atoms with E-state index in [1.807, 2.05) is 36.7 Å². The van der Waals surface area contributed by atoms with Crippen LogP contribution in [-0.4, -0.2) is 14.5 Å². The van der Waals surface area contributed by atoms with Crippen molar-refractivity contribution in [1.29, 1.82) is 0 Å². The number of nitrogens with zero attached hydrogens (tertiary/aromatic N) is 3. The number of hydrogen-bond acceptors (Lipinski definition) is 3. The zero-order valence-corrected chi connectivity index (χ0v) is 30.6. The summed E-state index contributed by atoms with van der Waals surface area (Å²) in [4.78, 5) is 9.57. The molecule has 2 aliphatic carbocycles. The molecule has 11 aromatic rings. The van der Waals surface area contributed by atoms with Crippen LogP contribution in [0.15, 0.2) is 193 Å². The second-order valence-corrected chi connectivity index (χ2v) is 15.2. The molecule has 0 fully saturated rings. The van der Waals surface area contributed by atoms with Crippen LogP contribution in [0.4, 0.5) is 0 Å². The van der Waals surface area contributed by atoms with Crippen molar-refractivity contribution >= 4 is 43.9 Å². The Balaban J connectivity index is 1.15. The predicted octanol–water partition coefficient (Wildman–Crippen LogP) is 13.2. The maximum atomic E-state index is 6.85. The standard InChI is InChI=1S/C53H31N3O/c1-2-13-35-34(12-1)36-14-3-6-18-43(36)53(44-19-7-4-16-41(44)50-45(53)26-25-39-38-15-5-8-20-48(38)57-51(39)50)46-31-33(22-24-37(35)46)32-23-27-47-42(30-32)40-17-11-29-55-52(40)56(47)49-21-9-10-28-54-49/h1-31H. The lowest BCUT2D eigenvalue weighted by molar-refractivity contribution is 0.669. The van der Waals surface area contributed by atoms with E-state index in [-0.39, 0.29) is 0 Å². The van der Waals surface area contributed by atoms with E-state index in [9.17, 15) is 0 Å². The van der Waals surface area contributed by atoms with Crippen LogP contribution in [0.3, 0.4) is 0 Å². The molecule has 1 spiro atoms. The molecule has 264 valence electrons. The molecular formula is C53H31N3O. The Morgan fingerprint density at radius 3 is 1.93 bits per heavy atom. The van der Waals surface area contributed by atoms with Crippen LogP contribution < -0.4 is 0 Å². The van der Waals surface area contributed by atoms with Crippen molar-refractivity contribution in [1.82, 2.24) is 14.5 Å². The lowest BCUT2D eigenvalue weighted by atomic mass is 9.65. The first kappa shape index (κ1) is 30.7. The summed E-state index contributed by atoms with van der Waals surface area (Å²) in [6, 6.07) is 64.2. The van der Waals surface area contributed by atoms with Crippen molar-refractivity contribution < 1.29 is 4.42 Å². The topological polar surface area (TPSA) is 43.9 Å². The first-order chi connectivity index (χ1) is 28.3. The van der Waals surface area contributed by atoms with E-state index in [1.165, 1.54) is 55.6 Å². The molecule has 4 heteroatoms. The Hall–Kier alpha value is -7.56. The highest BCUT2D eigenvalue weighted by Crippen LogP contribution is 2.63. The van der Waals surface area contributed by atoms with Gasteiger partial charge in [-0.05, 0) is 110 Å². The van der Waals surface area contributed by atoms with E-state index in [2.05, 4.69) is 156 Å². The Labute approximate surface area is 328 Å². The largest absolute Gasteiger partial charge is 0.455 e. The van der Waals surface area contributed by atoms with Gasteiger partial charge >= 0.3 is 0 Å². The summed E-state index contributed by atoms with van der Waals surface area (Å²) in [6.45, 7) is 0. The molecule has 4 nitrogen and oxygen atoms in total. The molecule has 13 rings (SSSR count). The van der Waals surface area contributed by atoms with Crippen molar-refractivity contribution in [2.45, 2.75) is 5.41 Å². The minimum atomic E-state index is -0.636. The number of furan rings is 1. The number of benzene rings is 7. The fraction of sp³-hybridized carbons (Fsp3) is 0.0189. The van der Waals surface area contributed by atoms with Crippen molar-refractivity contribution in [2.24, 2.45) is 0 Å². The van der Waals surface area contributed by atoms with E-state index in [0.717, 1.165) is 60.8 Å². The van der Waals surface area contributed by atoms with Crippen molar-refractivity contribution in [3.63, 3.8) is 0 Å². The van der Waals surface area contributed by atoms with E-state index < -0.39 is 5.41 Å². The van der Waals surface area contributed by atoms with Gasteiger partial charge < -0.3 is 4.42 Å². The summed E-state index contributed by atoms with van der Waals surface area (Å²) in [6.07, 6.45) is 3.70. The molecule has 4 heterocycles. The number of aromatic nitrogens is 3.